The molecule has 1 aliphatic carbocycles. The summed E-state index contributed by atoms with van der Waals surface area (Å²) in [6.07, 6.45) is 3.88. The van der Waals surface area contributed by atoms with Gasteiger partial charge in [0.15, 0.2) is 0 Å². The average Bonchev–Trinajstić information content (AvgIpc) is 3.50. The van der Waals surface area contributed by atoms with Gasteiger partial charge in [-0.05, 0) is 50.5 Å². The van der Waals surface area contributed by atoms with E-state index in [0.717, 1.165) is 48.7 Å². The van der Waals surface area contributed by atoms with Crippen LogP contribution in [0.1, 0.15) is 57.4 Å². The number of rotatable bonds is 5. The summed E-state index contributed by atoms with van der Waals surface area (Å²) in [6.45, 7) is 14.9. The Balaban J connectivity index is 1.25. The predicted molar refractivity (Wildman–Crippen MR) is 155 cm³/mol. The maximum atomic E-state index is 13.0. The molecule has 0 bridgehead atoms. The summed E-state index contributed by atoms with van der Waals surface area (Å²) in [5.74, 6) is 1.69. The largest absolute Gasteiger partial charge is 0.353 e. The molecule has 2 aromatic heterocycles. The van der Waals surface area contributed by atoms with Crippen molar-refractivity contribution >= 4 is 29.3 Å². The van der Waals surface area contributed by atoms with E-state index in [4.69, 9.17) is 5.10 Å². The van der Waals surface area contributed by atoms with Crippen LogP contribution in [-0.2, 0) is 10.2 Å². The molecule has 3 amide bonds. The van der Waals surface area contributed by atoms with Gasteiger partial charge in [0.05, 0.1) is 23.3 Å². The lowest BCUT2D eigenvalue weighted by atomic mass is 9.94. The molecule has 2 fully saturated rings. The van der Waals surface area contributed by atoms with Crippen LogP contribution in [-0.4, -0.2) is 57.8 Å². The van der Waals surface area contributed by atoms with E-state index in [1.54, 1.807) is 10.9 Å². The molecule has 3 heterocycles. The van der Waals surface area contributed by atoms with Crippen molar-refractivity contribution in [3.8, 4) is 5.69 Å². The van der Waals surface area contributed by atoms with Crippen LogP contribution < -0.4 is 15.5 Å². The number of piperazine rings is 1. The minimum atomic E-state index is -0.376. The molecule has 2 N–H and O–H groups in total. The number of carbonyl (C=O) groups is 2. The smallest absolute Gasteiger partial charge is 0.324 e. The van der Waals surface area contributed by atoms with Gasteiger partial charge < -0.3 is 15.1 Å². The fraction of sp³-hybridized carbons (Fsp3) is 0.467. The van der Waals surface area contributed by atoms with E-state index in [2.05, 4.69) is 27.4 Å². The van der Waals surface area contributed by atoms with Crippen LogP contribution in [0.2, 0.25) is 0 Å². The van der Waals surface area contributed by atoms with E-state index in [9.17, 15) is 9.59 Å². The molecule has 5 rings (SSSR count). The quantitative estimate of drug-likeness (QED) is 0.469. The van der Waals surface area contributed by atoms with Crippen LogP contribution in [0.25, 0.3) is 5.69 Å². The van der Waals surface area contributed by atoms with Crippen LogP contribution in [0.3, 0.4) is 0 Å². The Morgan fingerprint density at radius 3 is 2.21 bits per heavy atom. The van der Waals surface area contributed by atoms with Crippen molar-refractivity contribution < 1.29 is 9.59 Å². The number of amides is 3. The number of nitrogens with zero attached hydrogens (tertiary/aromatic N) is 5. The van der Waals surface area contributed by atoms with Gasteiger partial charge in [0.2, 0.25) is 5.91 Å². The van der Waals surface area contributed by atoms with E-state index in [-0.39, 0.29) is 22.8 Å². The number of aromatic nitrogens is 3. The van der Waals surface area contributed by atoms with Crippen LogP contribution in [0.5, 0.6) is 0 Å². The maximum Gasteiger partial charge on any atom is 0.324 e. The molecule has 206 valence electrons. The number of carbonyl (C=O) groups excluding carboxylic acids is 2. The second-order valence-corrected chi connectivity index (χ2v) is 12.2. The molecule has 1 aromatic carbocycles. The number of pyridine rings is 1. The first-order valence-electron chi connectivity index (χ1n) is 13.7. The summed E-state index contributed by atoms with van der Waals surface area (Å²) in [4.78, 5) is 34.4. The highest BCUT2D eigenvalue weighted by atomic mass is 16.2. The van der Waals surface area contributed by atoms with Crippen molar-refractivity contribution in [3.05, 3.63) is 59.4 Å². The summed E-state index contributed by atoms with van der Waals surface area (Å²) in [6, 6.07) is 11.7. The van der Waals surface area contributed by atoms with Gasteiger partial charge >= 0.3 is 6.03 Å². The zero-order chi connectivity index (χ0) is 27.9. The first-order valence-corrected chi connectivity index (χ1v) is 13.7. The third-order valence-corrected chi connectivity index (χ3v) is 7.66. The molecule has 9 heteroatoms. The molecule has 9 nitrogen and oxygen atoms in total. The van der Waals surface area contributed by atoms with Gasteiger partial charge in [-0.1, -0.05) is 45.4 Å². The Labute approximate surface area is 230 Å². The first kappa shape index (κ1) is 26.7. The zero-order valence-electron chi connectivity index (χ0n) is 23.8. The highest BCUT2D eigenvalue weighted by molar-refractivity contribution is 5.99. The molecule has 1 saturated heterocycles. The standard InChI is InChI=1S/C30H39N7O2/c1-20-7-9-23(10-8-20)37-25(18-24(34-37)30(6)11-12-30)33-28(39)32-22-17-21(2)26(31-19-22)35-13-15-36(16-14-35)27(38)29(3,4)5/h7-10,17-19H,11-16H2,1-6H3,(H2,32,33,39). The Morgan fingerprint density at radius 2 is 1.62 bits per heavy atom. The van der Waals surface area contributed by atoms with Gasteiger partial charge in [0.25, 0.3) is 0 Å². The lowest BCUT2D eigenvalue weighted by molar-refractivity contribution is -0.139. The third-order valence-electron chi connectivity index (χ3n) is 7.66. The number of anilines is 3. The van der Waals surface area contributed by atoms with Crippen molar-refractivity contribution in [1.29, 1.82) is 0 Å². The lowest BCUT2D eigenvalue weighted by Gasteiger charge is -2.38. The van der Waals surface area contributed by atoms with Gasteiger partial charge in [0, 0.05) is 43.1 Å². The molecule has 0 radical (unpaired) electrons. The van der Waals surface area contributed by atoms with Crippen molar-refractivity contribution in [2.75, 3.05) is 41.7 Å². The van der Waals surface area contributed by atoms with Crippen LogP contribution in [0, 0.1) is 19.3 Å². The molecular weight excluding hydrogens is 490 g/mol. The highest BCUT2D eigenvalue weighted by Gasteiger charge is 2.42. The number of benzene rings is 1. The molecule has 0 atom stereocenters. The van der Waals surface area contributed by atoms with E-state index in [0.29, 0.717) is 24.6 Å². The average molecular weight is 530 g/mol. The summed E-state index contributed by atoms with van der Waals surface area (Å²) in [5.41, 5.74) is 4.34. The lowest BCUT2D eigenvalue weighted by Crippen LogP contribution is -2.52. The maximum absolute atomic E-state index is 13.0. The zero-order valence-corrected chi connectivity index (χ0v) is 23.8. The van der Waals surface area contributed by atoms with E-state index < -0.39 is 0 Å². The van der Waals surface area contributed by atoms with Crippen molar-refractivity contribution in [3.63, 3.8) is 0 Å². The number of aryl methyl sites for hydroxylation is 2. The Hall–Kier alpha value is -3.88. The normalized spacial score (nSPS) is 16.7. The van der Waals surface area contributed by atoms with Crippen molar-refractivity contribution in [2.45, 2.75) is 59.8 Å². The van der Waals surface area contributed by atoms with Gasteiger partial charge in [-0.25, -0.2) is 14.5 Å². The Bertz CT molecular complexity index is 1380. The minimum Gasteiger partial charge on any atom is -0.353 e. The molecule has 1 saturated carbocycles. The fourth-order valence-electron chi connectivity index (χ4n) is 4.93. The molecule has 1 aliphatic heterocycles. The minimum absolute atomic E-state index is 0.0746. The summed E-state index contributed by atoms with van der Waals surface area (Å²) < 4.78 is 1.80. The summed E-state index contributed by atoms with van der Waals surface area (Å²) in [7, 11) is 0. The van der Waals surface area contributed by atoms with E-state index in [1.807, 2.05) is 75.9 Å². The van der Waals surface area contributed by atoms with Crippen LogP contribution in [0.15, 0.2) is 42.6 Å². The molecule has 0 spiro atoms. The second-order valence-electron chi connectivity index (χ2n) is 12.2. The molecule has 2 aliphatic rings. The Morgan fingerprint density at radius 1 is 0.949 bits per heavy atom. The van der Waals surface area contributed by atoms with Gasteiger partial charge in [-0.2, -0.15) is 5.10 Å². The van der Waals surface area contributed by atoms with E-state index >= 15 is 0 Å². The van der Waals surface area contributed by atoms with Crippen LogP contribution in [0.4, 0.5) is 22.1 Å². The van der Waals surface area contributed by atoms with Crippen molar-refractivity contribution in [2.24, 2.45) is 5.41 Å². The summed E-state index contributed by atoms with van der Waals surface area (Å²) >= 11 is 0. The van der Waals surface area contributed by atoms with Gasteiger partial charge in [0.1, 0.15) is 11.6 Å². The number of urea groups is 1. The molecule has 39 heavy (non-hydrogen) atoms. The molecular formula is C30H39N7O2. The van der Waals surface area contributed by atoms with Crippen molar-refractivity contribution in [1.82, 2.24) is 19.7 Å². The molecule has 3 aromatic rings. The first-order chi connectivity index (χ1) is 18.4. The topological polar surface area (TPSA) is 95.4 Å². The van der Waals surface area contributed by atoms with E-state index in [1.165, 1.54) is 5.56 Å². The number of hydrogen-bond acceptors (Lipinski definition) is 5. The monoisotopic (exact) mass is 529 g/mol. The van der Waals surface area contributed by atoms with Gasteiger partial charge in [-0.3, -0.25) is 10.1 Å². The number of hydrogen-bond donors (Lipinski definition) is 2. The Kier molecular flexibility index (Phi) is 6.86. The third kappa shape index (κ3) is 5.77. The fourth-order valence-corrected chi connectivity index (χ4v) is 4.93. The number of nitrogens with one attached hydrogen (secondary N) is 2. The summed E-state index contributed by atoms with van der Waals surface area (Å²) in [5, 5.41) is 10.8. The van der Waals surface area contributed by atoms with Crippen LogP contribution >= 0.6 is 0 Å². The SMILES string of the molecule is Cc1ccc(-n2nc(C3(C)CC3)cc2NC(=O)Nc2cnc(N3CCN(C(=O)C(C)(C)C)CC3)c(C)c2)cc1. The highest BCUT2D eigenvalue weighted by Crippen LogP contribution is 2.47. The second kappa shape index (κ2) is 10.0. The van der Waals surface area contributed by atoms with Gasteiger partial charge in [-0.15, -0.1) is 0 Å². The molecule has 0 unspecified atom stereocenters. The predicted octanol–water partition coefficient (Wildman–Crippen LogP) is 5.27.